The normalized spacial score (nSPS) is 15.7. The number of allylic oxidation sites excluding steroid dienone is 1. The van der Waals surface area contributed by atoms with E-state index in [1.165, 1.54) is 23.0 Å². The Balaban J connectivity index is 1.95. The zero-order valence-electron chi connectivity index (χ0n) is 18.5. The fourth-order valence-electron chi connectivity index (χ4n) is 3.74. The van der Waals surface area contributed by atoms with Crippen LogP contribution >= 0.6 is 38.9 Å². The highest BCUT2D eigenvalue weighted by molar-refractivity contribution is 9.10. The van der Waals surface area contributed by atoms with Crippen molar-refractivity contribution in [2.45, 2.75) is 19.9 Å². The lowest BCUT2D eigenvalue weighted by molar-refractivity contribution is -0.139. The van der Waals surface area contributed by atoms with Gasteiger partial charge in [0.1, 0.15) is 0 Å². The molecule has 0 bridgehead atoms. The van der Waals surface area contributed by atoms with Gasteiger partial charge in [-0.05, 0) is 71.2 Å². The van der Waals surface area contributed by atoms with Gasteiger partial charge in [0.25, 0.3) is 5.56 Å². The third-order valence-corrected chi connectivity index (χ3v) is 7.11. The van der Waals surface area contributed by atoms with E-state index in [-0.39, 0.29) is 23.7 Å². The van der Waals surface area contributed by atoms with Gasteiger partial charge < -0.3 is 14.6 Å². The van der Waals surface area contributed by atoms with Gasteiger partial charge in [0.2, 0.25) is 0 Å². The lowest BCUT2D eigenvalue weighted by Gasteiger charge is -2.24. The molecular formula is C24H20BrClN2O5S. The van der Waals surface area contributed by atoms with E-state index in [2.05, 4.69) is 20.9 Å². The van der Waals surface area contributed by atoms with Crippen molar-refractivity contribution in [2.75, 3.05) is 13.7 Å². The third kappa shape index (κ3) is 4.43. The van der Waals surface area contributed by atoms with Crippen LogP contribution < -0.4 is 19.6 Å². The minimum absolute atomic E-state index is 0.0291. The van der Waals surface area contributed by atoms with Crippen LogP contribution in [0.5, 0.6) is 11.5 Å². The van der Waals surface area contributed by atoms with Gasteiger partial charge in [-0.3, -0.25) is 9.36 Å². The number of carbonyl (C=O) groups excluding carboxylic acids is 1. The van der Waals surface area contributed by atoms with Gasteiger partial charge in [-0.25, -0.2) is 9.79 Å². The number of esters is 1. The minimum atomic E-state index is -0.712. The van der Waals surface area contributed by atoms with Crippen LogP contribution in [0.1, 0.15) is 31.0 Å². The Kier molecular flexibility index (Phi) is 6.97. The molecule has 3 aromatic rings. The monoisotopic (exact) mass is 562 g/mol. The Bertz CT molecular complexity index is 1490. The number of thiazole rings is 1. The van der Waals surface area contributed by atoms with Crippen molar-refractivity contribution in [3.8, 4) is 11.5 Å². The highest BCUT2D eigenvalue weighted by atomic mass is 79.9. The molecule has 34 heavy (non-hydrogen) atoms. The summed E-state index contributed by atoms with van der Waals surface area (Å²) in [5, 5.41) is 10.6. The van der Waals surface area contributed by atoms with E-state index in [1.54, 1.807) is 56.3 Å². The summed E-state index contributed by atoms with van der Waals surface area (Å²) < 4.78 is 12.9. The quantitative estimate of drug-likeness (QED) is 0.475. The van der Waals surface area contributed by atoms with Crippen LogP contribution in [0.15, 0.2) is 61.9 Å². The first-order valence-corrected chi connectivity index (χ1v) is 12.3. The number of halogens is 2. The Morgan fingerprint density at radius 3 is 2.68 bits per heavy atom. The number of aromatic hydroxyl groups is 1. The van der Waals surface area contributed by atoms with Crippen LogP contribution in [0.4, 0.5) is 0 Å². The number of carbonyl (C=O) groups is 1. The number of nitrogens with zero attached hydrogens (tertiary/aromatic N) is 2. The highest BCUT2D eigenvalue weighted by Crippen LogP contribution is 2.35. The molecule has 1 aromatic heterocycles. The molecule has 0 saturated heterocycles. The Morgan fingerprint density at radius 2 is 2.03 bits per heavy atom. The maximum absolute atomic E-state index is 13.6. The van der Waals surface area contributed by atoms with Crippen molar-refractivity contribution in [2.24, 2.45) is 4.99 Å². The van der Waals surface area contributed by atoms with E-state index in [0.29, 0.717) is 41.2 Å². The standard InChI is InChI=1S/C24H20BrClN2O5S/c1-4-33-23(31)19-12(2)27-24-28(20(19)14-5-7-15(26)8-6-14)22(30)18(34-24)11-13-9-16(25)21(29)17(10-13)32-3/h5-11,20,29H,4H2,1-3H3/b18-11-/t20-/m1/s1. The molecule has 0 amide bonds. The van der Waals surface area contributed by atoms with Gasteiger partial charge in [-0.2, -0.15) is 0 Å². The van der Waals surface area contributed by atoms with Crippen LogP contribution in [-0.2, 0) is 9.53 Å². The molecule has 1 atom stereocenters. The zero-order chi connectivity index (χ0) is 24.6. The van der Waals surface area contributed by atoms with Crippen molar-refractivity contribution in [3.63, 3.8) is 0 Å². The minimum Gasteiger partial charge on any atom is -0.503 e. The van der Waals surface area contributed by atoms with Crippen molar-refractivity contribution in [1.29, 1.82) is 0 Å². The first-order valence-electron chi connectivity index (χ1n) is 10.3. The van der Waals surface area contributed by atoms with Gasteiger partial charge >= 0.3 is 5.97 Å². The van der Waals surface area contributed by atoms with Crippen LogP contribution in [0.25, 0.3) is 6.08 Å². The first-order chi connectivity index (χ1) is 16.2. The predicted molar refractivity (Wildman–Crippen MR) is 134 cm³/mol. The maximum Gasteiger partial charge on any atom is 0.338 e. The Morgan fingerprint density at radius 1 is 1.32 bits per heavy atom. The summed E-state index contributed by atoms with van der Waals surface area (Å²) in [6.07, 6.45) is 1.69. The molecule has 0 fully saturated rings. The molecule has 1 aliphatic rings. The number of hydrogen-bond acceptors (Lipinski definition) is 7. The molecule has 1 aliphatic heterocycles. The van der Waals surface area contributed by atoms with E-state index in [1.807, 2.05) is 0 Å². The second-order valence-corrected chi connectivity index (χ2v) is 9.71. The first kappa shape index (κ1) is 24.3. The van der Waals surface area contributed by atoms with E-state index in [9.17, 15) is 14.7 Å². The number of rotatable bonds is 5. The van der Waals surface area contributed by atoms with E-state index in [0.717, 1.165) is 0 Å². The average molecular weight is 564 g/mol. The number of phenolic OH excluding ortho intramolecular Hbond substituents is 1. The molecule has 10 heteroatoms. The molecule has 1 N–H and O–H groups in total. The number of ether oxygens (including phenoxy) is 2. The molecule has 4 rings (SSSR count). The fraction of sp³-hybridized carbons (Fsp3) is 0.208. The van der Waals surface area contributed by atoms with Gasteiger partial charge in [0, 0.05) is 5.02 Å². The molecule has 0 spiro atoms. The largest absolute Gasteiger partial charge is 0.503 e. The number of fused-ring (bicyclic) bond motifs is 1. The molecular weight excluding hydrogens is 544 g/mol. The predicted octanol–water partition coefficient (Wildman–Crippen LogP) is 3.93. The fourth-order valence-corrected chi connectivity index (χ4v) is 5.37. The second kappa shape index (κ2) is 9.77. The van der Waals surface area contributed by atoms with Gasteiger partial charge in [-0.15, -0.1) is 0 Å². The van der Waals surface area contributed by atoms with Gasteiger partial charge in [0.15, 0.2) is 16.3 Å². The number of phenols is 1. The van der Waals surface area contributed by atoms with Crippen LogP contribution in [-0.4, -0.2) is 29.4 Å². The average Bonchev–Trinajstić information content (AvgIpc) is 3.10. The zero-order valence-corrected chi connectivity index (χ0v) is 21.6. The Hall–Kier alpha value is -2.88. The molecule has 176 valence electrons. The number of methoxy groups -OCH3 is 1. The van der Waals surface area contributed by atoms with Gasteiger partial charge in [0.05, 0.1) is 40.0 Å². The second-order valence-electron chi connectivity index (χ2n) is 7.41. The third-order valence-electron chi connectivity index (χ3n) is 5.27. The van der Waals surface area contributed by atoms with Crippen LogP contribution in [0.2, 0.25) is 5.02 Å². The summed E-state index contributed by atoms with van der Waals surface area (Å²) in [6.45, 7) is 3.66. The van der Waals surface area contributed by atoms with Crippen LogP contribution in [0, 0.1) is 0 Å². The van der Waals surface area contributed by atoms with Crippen molar-refractivity contribution < 1.29 is 19.4 Å². The molecule has 0 aliphatic carbocycles. The molecule has 2 heterocycles. The molecule has 0 saturated carbocycles. The van der Waals surface area contributed by atoms with E-state index >= 15 is 0 Å². The van der Waals surface area contributed by atoms with E-state index < -0.39 is 12.0 Å². The summed E-state index contributed by atoms with van der Waals surface area (Å²) in [5.74, 6) is -0.281. The molecule has 2 aromatic carbocycles. The molecule has 0 unspecified atom stereocenters. The summed E-state index contributed by atoms with van der Waals surface area (Å²) >= 11 is 10.6. The lowest BCUT2D eigenvalue weighted by atomic mass is 9.96. The maximum atomic E-state index is 13.6. The van der Waals surface area contributed by atoms with Gasteiger partial charge in [-0.1, -0.05) is 35.1 Å². The summed E-state index contributed by atoms with van der Waals surface area (Å²) in [4.78, 5) is 31.5. The summed E-state index contributed by atoms with van der Waals surface area (Å²) in [7, 11) is 1.45. The Labute approximate surface area is 212 Å². The lowest BCUT2D eigenvalue weighted by Crippen LogP contribution is -2.39. The van der Waals surface area contributed by atoms with Crippen molar-refractivity contribution >= 4 is 50.9 Å². The van der Waals surface area contributed by atoms with Crippen molar-refractivity contribution in [3.05, 3.63) is 88.0 Å². The van der Waals surface area contributed by atoms with E-state index in [4.69, 9.17) is 21.1 Å². The molecule has 0 radical (unpaired) electrons. The smallest absolute Gasteiger partial charge is 0.338 e. The number of hydrogen-bond donors (Lipinski definition) is 1. The topological polar surface area (TPSA) is 90.1 Å². The number of aromatic nitrogens is 1. The number of benzene rings is 2. The SMILES string of the molecule is CCOC(=O)C1=C(C)N=c2s/c(=C\c3cc(Br)c(O)c(OC)c3)c(=O)n2[C@@H]1c1ccc(Cl)cc1. The molecule has 7 nitrogen and oxygen atoms in total. The van der Waals surface area contributed by atoms with Crippen molar-refractivity contribution in [1.82, 2.24) is 4.57 Å². The highest BCUT2D eigenvalue weighted by Gasteiger charge is 2.33. The summed E-state index contributed by atoms with van der Waals surface area (Å²) in [5.41, 5.74) is 1.85. The summed E-state index contributed by atoms with van der Waals surface area (Å²) in [6, 6.07) is 9.59. The van der Waals surface area contributed by atoms with Crippen LogP contribution in [0.3, 0.4) is 0 Å².